The second-order valence-electron chi connectivity index (χ2n) is 4.75. The van der Waals surface area contributed by atoms with Crippen molar-refractivity contribution in [1.82, 2.24) is 14.9 Å². The van der Waals surface area contributed by atoms with E-state index in [1.54, 1.807) is 17.5 Å². The molecule has 3 heterocycles. The van der Waals surface area contributed by atoms with Crippen LogP contribution < -0.4 is 0 Å². The van der Waals surface area contributed by atoms with E-state index >= 15 is 0 Å². The summed E-state index contributed by atoms with van der Waals surface area (Å²) < 4.78 is 0. The first-order chi connectivity index (χ1) is 9.36. The van der Waals surface area contributed by atoms with E-state index in [9.17, 15) is 0 Å². The van der Waals surface area contributed by atoms with Gasteiger partial charge in [0.05, 0.1) is 17.0 Å². The first-order valence-corrected chi connectivity index (χ1v) is 7.35. The highest BCUT2D eigenvalue weighted by atomic mass is 32.1. The van der Waals surface area contributed by atoms with Crippen molar-refractivity contribution in [2.75, 3.05) is 13.1 Å². The maximum atomic E-state index is 7.27. The molecular weight excluding hydrogens is 256 g/mol. The topological polar surface area (TPSA) is 52.9 Å². The Morgan fingerprint density at radius 1 is 1.37 bits per heavy atom. The summed E-state index contributed by atoms with van der Waals surface area (Å²) in [5, 5.41) is 10.6. The first-order valence-electron chi connectivity index (χ1n) is 6.47. The van der Waals surface area contributed by atoms with Crippen molar-refractivity contribution < 1.29 is 0 Å². The Morgan fingerprint density at radius 2 is 2.21 bits per heavy atom. The molecule has 1 N–H and O–H groups in total. The van der Waals surface area contributed by atoms with Gasteiger partial charge in [0.15, 0.2) is 0 Å². The number of rotatable bonds is 3. The number of hydrogen-bond acceptors (Lipinski definition) is 4. The van der Waals surface area contributed by atoms with Crippen LogP contribution in [0.15, 0.2) is 29.9 Å². The van der Waals surface area contributed by atoms with Crippen LogP contribution in [0.5, 0.6) is 0 Å². The number of aromatic nitrogens is 2. The standard InChI is InChI=1S/C14H16N4S/c15-10-18-6-3-11(4-7-18)14-17-13(9-19-14)12-2-1-5-16-8-12/h1-2,5,8-11,15H,3-4,6-7H2. The molecule has 0 saturated carbocycles. The molecule has 98 valence electrons. The summed E-state index contributed by atoms with van der Waals surface area (Å²) in [7, 11) is 0. The second kappa shape index (κ2) is 5.48. The molecule has 1 saturated heterocycles. The molecule has 0 aliphatic carbocycles. The Bertz CT molecular complexity index is 544. The van der Waals surface area contributed by atoms with Gasteiger partial charge in [-0.3, -0.25) is 10.4 Å². The van der Waals surface area contributed by atoms with Crippen LogP contribution in [-0.2, 0) is 0 Å². The molecule has 1 aliphatic heterocycles. The molecule has 1 fully saturated rings. The van der Waals surface area contributed by atoms with Crippen molar-refractivity contribution in [1.29, 1.82) is 5.41 Å². The van der Waals surface area contributed by atoms with Crippen molar-refractivity contribution in [3.05, 3.63) is 34.9 Å². The van der Waals surface area contributed by atoms with Crippen molar-refractivity contribution in [2.45, 2.75) is 18.8 Å². The molecule has 19 heavy (non-hydrogen) atoms. The number of thiazole rings is 1. The molecule has 0 spiro atoms. The highest BCUT2D eigenvalue weighted by Gasteiger charge is 2.21. The van der Waals surface area contributed by atoms with Gasteiger partial charge in [0.2, 0.25) is 0 Å². The molecule has 0 radical (unpaired) electrons. The molecule has 3 rings (SSSR count). The molecule has 2 aromatic heterocycles. The Balaban J connectivity index is 1.74. The monoisotopic (exact) mass is 272 g/mol. The van der Waals surface area contributed by atoms with Gasteiger partial charge in [-0.1, -0.05) is 0 Å². The molecule has 0 unspecified atom stereocenters. The van der Waals surface area contributed by atoms with E-state index in [1.807, 2.05) is 18.3 Å². The van der Waals surface area contributed by atoms with Gasteiger partial charge in [-0.25, -0.2) is 4.98 Å². The second-order valence-corrected chi connectivity index (χ2v) is 5.64. The third-order valence-corrected chi connectivity index (χ3v) is 4.55. The average Bonchev–Trinajstić information content (AvgIpc) is 2.98. The Kier molecular flexibility index (Phi) is 3.55. The summed E-state index contributed by atoms with van der Waals surface area (Å²) >= 11 is 1.75. The Hall–Kier alpha value is -1.75. The van der Waals surface area contributed by atoms with Crippen molar-refractivity contribution in [2.24, 2.45) is 0 Å². The van der Waals surface area contributed by atoms with Gasteiger partial charge in [-0.05, 0) is 25.0 Å². The SMILES string of the molecule is N=CN1CCC(c2nc(-c3cccnc3)cs2)CC1. The minimum absolute atomic E-state index is 0.548. The van der Waals surface area contributed by atoms with E-state index in [1.165, 1.54) is 11.3 Å². The van der Waals surface area contributed by atoms with Crippen LogP contribution in [-0.4, -0.2) is 34.3 Å². The zero-order valence-electron chi connectivity index (χ0n) is 10.6. The summed E-state index contributed by atoms with van der Waals surface area (Å²) in [5.74, 6) is 0.548. The normalized spacial score (nSPS) is 16.5. The zero-order valence-corrected chi connectivity index (χ0v) is 11.4. The smallest absolute Gasteiger partial charge is 0.0964 e. The number of hydrogen-bond donors (Lipinski definition) is 1. The largest absolute Gasteiger partial charge is 0.363 e. The Morgan fingerprint density at radius 3 is 2.89 bits per heavy atom. The van der Waals surface area contributed by atoms with Gasteiger partial charge < -0.3 is 4.90 Å². The molecule has 2 aromatic rings. The summed E-state index contributed by atoms with van der Waals surface area (Å²) in [6.07, 6.45) is 7.27. The molecule has 4 nitrogen and oxygen atoms in total. The summed E-state index contributed by atoms with van der Waals surface area (Å²) in [6, 6.07) is 3.99. The van der Waals surface area contributed by atoms with Crippen molar-refractivity contribution >= 4 is 17.7 Å². The van der Waals surface area contributed by atoms with Crippen LogP contribution in [0.1, 0.15) is 23.8 Å². The molecule has 5 heteroatoms. The fourth-order valence-electron chi connectivity index (χ4n) is 2.40. The molecule has 0 aromatic carbocycles. The van der Waals surface area contributed by atoms with E-state index in [4.69, 9.17) is 10.4 Å². The molecule has 0 bridgehead atoms. The van der Waals surface area contributed by atoms with E-state index in [0.29, 0.717) is 5.92 Å². The van der Waals surface area contributed by atoms with E-state index in [2.05, 4.69) is 15.3 Å². The van der Waals surface area contributed by atoms with Crippen LogP contribution in [0, 0.1) is 5.41 Å². The predicted molar refractivity (Wildman–Crippen MR) is 77.7 cm³/mol. The highest BCUT2D eigenvalue weighted by Crippen LogP contribution is 2.32. The minimum Gasteiger partial charge on any atom is -0.363 e. The third kappa shape index (κ3) is 2.66. The van der Waals surface area contributed by atoms with Crippen LogP contribution in [0.25, 0.3) is 11.3 Å². The average molecular weight is 272 g/mol. The maximum absolute atomic E-state index is 7.27. The lowest BCUT2D eigenvalue weighted by atomic mass is 9.98. The molecule has 1 aliphatic rings. The summed E-state index contributed by atoms with van der Waals surface area (Å²) in [5.41, 5.74) is 2.12. The Labute approximate surface area is 116 Å². The lowest BCUT2D eigenvalue weighted by Crippen LogP contribution is -2.31. The van der Waals surface area contributed by atoms with E-state index in [-0.39, 0.29) is 0 Å². The van der Waals surface area contributed by atoms with Crippen LogP contribution in [0.2, 0.25) is 0 Å². The lowest BCUT2D eigenvalue weighted by molar-refractivity contribution is 0.319. The van der Waals surface area contributed by atoms with Gasteiger partial charge in [0, 0.05) is 42.3 Å². The van der Waals surface area contributed by atoms with Crippen molar-refractivity contribution in [3.63, 3.8) is 0 Å². The van der Waals surface area contributed by atoms with Gasteiger partial charge in [0.1, 0.15) is 0 Å². The number of likely N-dealkylation sites (tertiary alicyclic amines) is 1. The fraction of sp³-hybridized carbons (Fsp3) is 0.357. The highest BCUT2D eigenvalue weighted by molar-refractivity contribution is 7.10. The fourth-order valence-corrected chi connectivity index (χ4v) is 3.40. The third-order valence-electron chi connectivity index (χ3n) is 3.54. The van der Waals surface area contributed by atoms with E-state index in [0.717, 1.165) is 37.2 Å². The number of pyridine rings is 1. The summed E-state index contributed by atoms with van der Waals surface area (Å²) in [4.78, 5) is 11.0. The molecular formula is C14H16N4S. The van der Waals surface area contributed by atoms with Crippen molar-refractivity contribution in [3.8, 4) is 11.3 Å². The predicted octanol–water partition coefficient (Wildman–Crippen LogP) is 2.99. The van der Waals surface area contributed by atoms with E-state index < -0.39 is 0 Å². The number of nitrogens with one attached hydrogen (secondary N) is 1. The maximum Gasteiger partial charge on any atom is 0.0964 e. The number of piperidine rings is 1. The lowest BCUT2D eigenvalue weighted by Gasteiger charge is -2.28. The van der Waals surface area contributed by atoms with Crippen LogP contribution in [0.3, 0.4) is 0 Å². The van der Waals surface area contributed by atoms with Crippen LogP contribution >= 0.6 is 11.3 Å². The zero-order chi connectivity index (χ0) is 13.1. The van der Waals surface area contributed by atoms with Gasteiger partial charge in [-0.15, -0.1) is 11.3 Å². The molecule has 0 amide bonds. The van der Waals surface area contributed by atoms with Gasteiger partial charge in [-0.2, -0.15) is 0 Å². The first kappa shape index (κ1) is 12.3. The number of nitrogens with zero attached hydrogens (tertiary/aromatic N) is 3. The molecule has 0 atom stereocenters. The quantitative estimate of drug-likeness (QED) is 0.690. The van der Waals surface area contributed by atoms with Crippen LogP contribution in [0.4, 0.5) is 0 Å². The summed E-state index contributed by atoms with van der Waals surface area (Å²) in [6.45, 7) is 1.94. The minimum atomic E-state index is 0.548. The van der Waals surface area contributed by atoms with Gasteiger partial charge in [0.25, 0.3) is 0 Å². The van der Waals surface area contributed by atoms with Gasteiger partial charge >= 0.3 is 0 Å².